The van der Waals surface area contributed by atoms with E-state index >= 15 is 0 Å². The second-order valence-electron chi connectivity index (χ2n) is 4.07. The van der Waals surface area contributed by atoms with Crippen molar-refractivity contribution >= 4 is 6.08 Å². The maximum absolute atomic E-state index is 9.99. The van der Waals surface area contributed by atoms with Gasteiger partial charge in [-0.25, -0.2) is 0 Å². The van der Waals surface area contributed by atoms with Crippen molar-refractivity contribution in [3.8, 4) is 0 Å². The molecule has 0 spiro atoms. The van der Waals surface area contributed by atoms with Gasteiger partial charge >= 0.3 is 0 Å². The molecule has 0 aliphatic heterocycles. The lowest BCUT2D eigenvalue weighted by Gasteiger charge is -2.05. The van der Waals surface area contributed by atoms with Crippen LogP contribution in [0.15, 0.2) is 60.7 Å². The van der Waals surface area contributed by atoms with E-state index in [1.165, 1.54) is 5.56 Å². The molecule has 0 aromatic heterocycles. The lowest BCUT2D eigenvalue weighted by Crippen LogP contribution is -1.91. The molecule has 0 fully saturated rings. The van der Waals surface area contributed by atoms with Gasteiger partial charge in [-0.3, -0.25) is 0 Å². The molecule has 0 saturated carbocycles. The molecule has 1 unspecified atom stereocenters. The maximum Gasteiger partial charge on any atom is 0.0975 e. The van der Waals surface area contributed by atoms with E-state index in [2.05, 4.69) is 13.0 Å². The molecular formula is C16H16O. The van der Waals surface area contributed by atoms with Crippen molar-refractivity contribution in [3.63, 3.8) is 0 Å². The van der Waals surface area contributed by atoms with Crippen LogP contribution in [0.25, 0.3) is 6.08 Å². The van der Waals surface area contributed by atoms with Crippen LogP contribution in [0.5, 0.6) is 0 Å². The molecule has 0 aliphatic rings. The average molecular weight is 224 g/mol. The Morgan fingerprint density at radius 3 is 2.29 bits per heavy atom. The Bertz CT molecular complexity index is 500. The van der Waals surface area contributed by atoms with E-state index < -0.39 is 6.10 Å². The predicted octanol–water partition coefficient (Wildman–Crippen LogP) is 3.74. The van der Waals surface area contributed by atoms with Crippen molar-refractivity contribution in [2.24, 2.45) is 0 Å². The quantitative estimate of drug-likeness (QED) is 0.842. The molecule has 17 heavy (non-hydrogen) atoms. The first-order valence-electron chi connectivity index (χ1n) is 5.74. The molecule has 86 valence electrons. The minimum atomic E-state index is -0.546. The van der Waals surface area contributed by atoms with E-state index in [9.17, 15) is 5.11 Å². The lowest BCUT2D eigenvalue weighted by molar-refractivity contribution is 0.229. The molecular weight excluding hydrogens is 208 g/mol. The number of aliphatic hydroxyl groups is 1. The second kappa shape index (κ2) is 5.46. The summed E-state index contributed by atoms with van der Waals surface area (Å²) in [7, 11) is 0. The number of hydrogen-bond donors (Lipinski definition) is 1. The summed E-state index contributed by atoms with van der Waals surface area (Å²) in [6.45, 7) is 2.06. The molecule has 0 amide bonds. The van der Waals surface area contributed by atoms with Crippen LogP contribution in [-0.2, 0) is 0 Å². The fourth-order valence-electron chi connectivity index (χ4n) is 1.73. The fourth-order valence-corrected chi connectivity index (χ4v) is 1.73. The van der Waals surface area contributed by atoms with Crippen molar-refractivity contribution < 1.29 is 5.11 Å². The lowest BCUT2D eigenvalue weighted by atomic mass is 10.1. The second-order valence-corrected chi connectivity index (χ2v) is 4.07. The van der Waals surface area contributed by atoms with Crippen LogP contribution in [0.4, 0.5) is 0 Å². The van der Waals surface area contributed by atoms with E-state index in [0.717, 1.165) is 11.1 Å². The highest BCUT2D eigenvalue weighted by Crippen LogP contribution is 2.16. The van der Waals surface area contributed by atoms with Gasteiger partial charge in [0.05, 0.1) is 6.10 Å². The minimum Gasteiger partial charge on any atom is -0.384 e. The van der Waals surface area contributed by atoms with Crippen molar-refractivity contribution in [3.05, 3.63) is 77.4 Å². The molecule has 2 aromatic carbocycles. The molecule has 1 heteroatoms. The molecule has 0 heterocycles. The van der Waals surface area contributed by atoms with Gasteiger partial charge in [-0.1, -0.05) is 66.7 Å². The third-order valence-electron chi connectivity index (χ3n) is 2.79. The number of aliphatic hydroxyl groups excluding tert-OH is 1. The molecule has 0 radical (unpaired) electrons. The third kappa shape index (κ3) is 3.05. The Kier molecular flexibility index (Phi) is 3.73. The number of benzene rings is 2. The van der Waals surface area contributed by atoms with E-state index in [1.54, 1.807) is 0 Å². The first kappa shape index (κ1) is 11.6. The van der Waals surface area contributed by atoms with Crippen LogP contribution in [0.1, 0.15) is 22.8 Å². The van der Waals surface area contributed by atoms with Gasteiger partial charge in [0.15, 0.2) is 0 Å². The normalized spacial score (nSPS) is 12.8. The molecule has 0 bridgehead atoms. The van der Waals surface area contributed by atoms with Gasteiger partial charge in [-0.15, -0.1) is 0 Å². The molecule has 0 aliphatic carbocycles. The van der Waals surface area contributed by atoms with Crippen molar-refractivity contribution in [1.82, 2.24) is 0 Å². The van der Waals surface area contributed by atoms with Gasteiger partial charge in [0.1, 0.15) is 0 Å². The zero-order valence-electron chi connectivity index (χ0n) is 9.88. The average Bonchev–Trinajstić information content (AvgIpc) is 2.38. The van der Waals surface area contributed by atoms with E-state index in [-0.39, 0.29) is 0 Å². The summed E-state index contributed by atoms with van der Waals surface area (Å²) in [5.74, 6) is 0. The van der Waals surface area contributed by atoms with Crippen LogP contribution in [0, 0.1) is 6.92 Å². The van der Waals surface area contributed by atoms with Crippen molar-refractivity contribution in [2.45, 2.75) is 13.0 Å². The molecule has 1 nitrogen and oxygen atoms in total. The SMILES string of the molecule is Cc1ccccc1/C=C/C(O)c1ccccc1. The third-order valence-corrected chi connectivity index (χ3v) is 2.79. The Balaban J connectivity index is 2.14. The highest BCUT2D eigenvalue weighted by molar-refractivity contribution is 5.54. The van der Waals surface area contributed by atoms with Crippen LogP contribution in [-0.4, -0.2) is 5.11 Å². The first-order chi connectivity index (χ1) is 8.27. The summed E-state index contributed by atoms with van der Waals surface area (Å²) in [4.78, 5) is 0. The van der Waals surface area contributed by atoms with Crippen LogP contribution < -0.4 is 0 Å². The summed E-state index contributed by atoms with van der Waals surface area (Å²) in [6.07, 6.45) is 3.24. The van der Waals surface area contributed by atoms with Crippen molar-refractivity contribution in [2.75, 3.05) is 0 Å². The van der Waals surface area contributed by atoms with Crippen LogP contribution in [0.3, 0.4) is 0 Å². The van der Waals surface area contributed by atoms with Crippen molar-refractivity contribution in [1.29, 1.82) is 0 Å². The molecule has 0 saturated heterocycles. The monoisotopic (exact) mass is 224 g/mol. The standard InChI is InChI=1S/C16H16O/c1-13-7-5-6-8-14(13)11-12-16(17)15-9-3-2-4-10-15/h2-12,16-17H,1H3/b12-11+. The van der Waals surface area contributed by atoms with E-state index in [1.807, 2.05) is 60.7 Å². The highest BCUT2D eigenvalue weighted by Gasteiger charge is 2.01. The van der Waals surface area contributed by atoms with Gasteiger partial charge < -0.3 is 5.11 Å². The molecule has 2 aromatic rings. The van der Waals surface area contributed by atoms with Gasteiger partial charge in [-0.2, -0.15) is 0 Å². The maximum atomic E-state index is 9.99. The van der Waals surface area contributed by atoms with Gasteiger partial charge in [0.2, 0.25) is 0 Å². The Labute approximate surface area is 102 Å². The Morgan fingerprint density at radius 2 is 1.59 bits per heavy atom. The summed E-state index contributed by atoms with van der Waals surface area (Å²) < 4.78 is 0. The number of hydrogen-bond acceptors (Lipinski definition) is 1. The minimum absolute atomic E-state index is 0.546. The zero-order valence-corrected chi connectivity index (χ0v) is 9.88. The summed E-state index contributed by atoms with van der Waals surface area (Å²) in [5.41, 5.74) is 3.27. The van der Waals surface area contributed by atoms with Gasteiger partial charge in [0, 0.05) is 0 Å². The molecule has 1 atom stereocenters. The Morgan fingerprint density at radius 1 is 0.941 bits per heavy atom. The summed E-state index contributed by atoms with van der Waals surface area (Å²) in [5, 5.41) is 9.99. The van der Waals surface area contributed by atoms with E-state index in [4.69, 9.17) is 0 Å². The fraction of sp³-hybridized carbons (Fsp3) is 0.125. The smallest absolute Gasteiger partial charge is 0.0975 e. The largest absolute Gasteiger partial charge is 0.384 e. The van der Waals surface area contributed by atoms with E-state index in [0.29, 0.717) is 0 Å². The number of aryl methyl sites for hydroxylation is 1. The predicted molar refractivity (Wildman–Crippen MR) is 71.6 cm³/mol. The topological polar surface area (TPSA) is 20.2 Å². The first-order valence-corrected chi connectivity index (χ1v) is 5.74. The Hall–Kier alpha value is -1.86. The zero-order chi connectivity index (χ0) is 12.1. The summed E-state index contributed by atoms with van der Waals surface area (Å²) in [6, 6.07) is 17.8. The molecule has 1 N–H and O–H groups in total. The number of rotatable bonds is 3. The molecule has 2 rings (SSSR count). The van der Waals surface area contributed by atoms with Crippen LogP contribution in [0.2, 0.25) is 0 Å². The highest BCUT2D eigenvalue weighted by atomic mass is 16.3. The van der Waals surface area contributed by atoms with Crippen LogP contribution >= 0.6 is 0 Å². The summed E-state index contributed by atoms with van der Waals surface area (Å²) >= 11 is 0. The van der Waals surface area contributed by atoms with Gasteiger partial charge in [0.25, 0.3) is 0 Å². The van der Waals surface area contributed by atoms with Gasteiger partial charge in [-0.05, 0) is 23.6 Å².